The lowest BCUT2D eigenvalue weighted by Crippen LogP contribution is -2.00. The van der Waals surface area contributed by atoms with E-state index < -0.39 is 4.92 Å². The number of anilines is 1. The van der Waals surface area contributed by atoms with Crippen molar-refractivity contribution in [1.29, 1.82) is 0 Å². The zero-order valence-corrected chi connectivity index (χ0v) is 11.5. The molecule has 0 aliphatic heterocycles. The van der Waals surface area contributed by atoms with Crippen molar-refractivity contribution in [3.63, 3.8) is 0 Å². The lowest BCUT2D eigenvalue weighted by molar-refractivity contribution is -0.383. The van der Waals surface area contributed by atoms with E-state index in [-0.39, 0.29) is 17.2 Å². The van der Waals surface area contributed by atoms with E-state index in [1.54, 1.807) is 18.2 Å². The summed E-state index contributed by atoms with van der Waals surface area (Å²) in [5.41, 5.74) is 1.40. The van der Waals surface area contributed by atoms with Gasteiger partial charge in [0.15, 0.2) is 11.1 Å². The highest BCUT2D eigenvalue weighted by Gasteiger charge is 2.17. The molecule has 0 radical (unpaired) electrons. The number of non-ortho nitro benzene ring substituents is 1. The number of para-hydroxylation sites is 1. The average Bonchev–Trinajstić information content (AvgIpc) is 2.88. The van der Waals surface area contributed by atoms with Gasteiger partial charge in [-0.2, -0.15) is 4.98 Å². The van der Waals surface area contributed by atoms with E-state index in [1.165, 1.54) is 6.07 Å². The van der Waals surface area contributed by atoms with Crippen molar-refractivity contribution in [2.45, 2.75) is 6.54 Å². The summed E-state index contributed by atoms with van der Waals surface area (Å²) in [5, 5.41) is 14.5. The van der Waals surface area contributed by atoms with Crippen molar-refractivity contribution in [2.24, 2.45) is 0 Å². The van der Waals surface area contributed by atoms with Gasteiger partial charge in [0.1, 0.15) is 0 Å². The lowest BCUT2D eigenvalue weighted by atomic mass is 10.2. The molecule has 0 atom stereocenters. The zero-order chi connectivity index (χ0) is 14.8. The van der Waals surface area contributed by atoms with Gasteiger partial charge in [-0.3, -0.25) is 10.1 Å². The number of benzene rings is 2. The van der Waals surface area contributed by atoms with E-state index in [1.807, 2.05) is 18.2 Å². The summed E-state index contributed by atoms with van der Waals surface area (Å²) in [6.45, 7) is 0.417. The van der Waals surface area contributed by atoms with Crippen molar-refractivity contribution in [3.8, 4) is 0 Å². The van der Waals surface area contributed by atoms with Gasteiger partial charge in [0.2, 0.25) is 0 Å². The Balaban J connectivity index is 1.87. The fourth-order valence-electron chi connectivity index (χ4n) is 1.97. The first-order valence-electron chi connectivity index (χ1n) is 6.16. The molecule has 7 heteroatoms. The van der Waals surface area contributed by atoms with E-state index in [0.29, 0.717) is 17.2 Å². The van der Waals surface area contributed by atoms with Crippen LogP contribution in [0.3, 0.4) is 0 Å². The number of hydrogen-bond donors (Lipinski definition) is 1. The molecule has 0 amide bonds. The van der Waals surface area contributed by atoms with Gasteiger partial charge in [0.25, 0.3) is 11.7 Å². The summed E-state index contributed by atoms with van der Waals surface area (Å²) < 4.78 is 5.45. The monoisotopic (exact) mass is 303 g/mol. The molecule has 3 rings (SSSR count). The molecule has 106 valence electrons. The number of nitrogens with zero attached hydrogens (tertiary/aromatic N) is 2. The molecule has 1 aromatic heterocycles. The SMILES string of the molecule is O=[N+]([O-])c1cccc2oc(NCc3ccccc3Cl)nc12. The van der Waals surface area contributed by atoms with E-state index in [9.17, 15) is 10.1 Å². The number of fused-ring (bicyclic) bond motifs is 1. The Morgan fingerprint density at radius 2 is 2.05 bits per heavy atom. The summed E-state index contributed by atoms with van der Waals surface area (Å²) in [6.07, 6.45) is 0. The van der Waals surface area contributed by atoms with Crippen molar-refractivity contribution in [3.05, 3.63) is 63.2 Å². The number of halogens is 1. The summed E-state index contributed by atoms with van der Waals surface area (Å²) in [6, 6.07) is 12.2. The third-order valence-corrected chi connectivity index (χ3v) is 3.35. The highest BCUT2D eigenvalue weighted by Crippen LogP contribution is 2.27. The third kappa shape index (κ3) is 2.66. The van der Waals surface area contributed by atoms with Crippen LogP contribution in [-0.2, 0) is 6.54 Å². The molecular weight excluding hydrogens is 294 g/mol. The standard InChI is InChI=1S/C14H10ClN3O3/c15-10-5-2-1-4-9(10)8-16-14-17-13-11(18(19)20)6-3-7-12(13)21-14/h1-7H,8H2,(H,16,17). The summed E-state index contributed by atoms with van der Waals surface area (Å²) >= 11 is 6.06. The van der Waals surface area contributed by atoms with E-state index in [0.717, 1.165) is 5.56 Å². The van der Waals surface area contributed by atoms with Crippen LogP contribution in [0.4, 0.5) is 11.7 Å². The lowest BCUT2D eigenvalue weighted by Gasteiger charge is -2.03. The molecule has 0 spiro atoms. The van der Waals surface area contributed by atoms with Crippen LogP contribution in [0, 0.1) is 10.1 Å². The second-order valence-corrected chi connectivity index (χ2v) is 4.75. The molecule has 0 bridgehead atoms. The molecule has 1 N–H and O–H groups in total. The normalized spacial score (nSPS) is 10.7. The molecule has 0 aliphatic rings. The minimum atomic E-state index is -0.483. The van der Waals surface area contributed by atoms with Gasteiger partial charge in [0, 0.05) is 17.6 Å². The molecule has 0 fully saturated rings. The molecule has 6 nitrogen and oxygen atoms in total. The topological polar surface area (TPSA) is 81.2 Å². The molecule has 0 unspecified atom stereocenters. The number of nitro benzene ring substituents is 1. The van der Waals surface area contributed by atoms with Crippen LogP contribution in [0.1, 0.15) is 5.56 Å². The van der Waals surface area contributed by atoms with E-state index in [2.05, 4.69) is 10.3 Å². The van der Waals surface area contributed by atoms with E-state index >= 15 is 0 Å². The Kier molecular flexibility index (Phi) is 3.45. The molecule has 2 aromatic carbocycles. The Morgan fingerprint density at radius 1 is 1.24 bits per heavy atom. The van der Waals surface area contributed by atoms with Gasteiger partial charge in [-0.15, -0.1) is 0 Å². The summed E-state index contributed by atoms with van der Waals surface area (Å²) in [4.78, 5) is 14.6. The van der Waals surface area contributed by atoms with Crippen molar-refractivity contribution in [2.75, 3.05) is 5.32 Å². The van der Waals surface area contributed by atoms with Gasteiger partial charge in [-0.05, 0) is 17.7 Å². The van der Waals surface area contributed by atoms with Crippen LogP contribution in [-0.4, -0.2) is 9.91 Å². The van der Waals surface area contributed by atoms with Crippen molar-refractivity contribution >= 4 is 34.4 Å². The van der Waals surface area contributed by atoms with Crippen molar-refractivity contribution < 1.29 is 9.34 Å². The molecule has 21 heavy (non-hydrogen) atoms. The first-order chi connectivity index (χ1) is 10.1. The zero-order valence-electron chi connectivity index (χ0n) is 10.7. The molecule has 1 heterocycles. The maximum absolute atomic E-state index is 10.9. The molecule has 0 aliphatic carbocycles. The van der Waals surface area contributed by atoms with Gasteiger partial charge >= 0.3 is 0 Å². The van der Waals surface area contributed by atoms with Crippen LogP contribution < -0.4 is 5.32 Å². The molecule has 0 saturated heterocycles. The summed E-state index contributed by atoms with van der Waals surface area (Å²) in [5.74, 6) is 0. The number of hydrogen-bond acceptors (Lipinski definition) is 5. The van der Waals surface area contributed by atoms with Crippen LogP contribution in [0.25, 0.3) is 11.1 Å². The Morgan fingerprint density at radius 3 is 2.81 bits per heavy atom. The maximum atomic E-state index is 10.9. The third-order valence-electron chi connectivity index (χ3n) is 2.98. The van der Waals surface area contributed by atoms with Crippen LogP contribution >= 0.6 is 11.6 Å². The minimum Gasteiger partial charge on any atom is -0.423 e. The average molecular weight is 304 g/mol. The first-order valence-corrected chi connectivity index (χ1v) is 6.54. The van der Waals surface area contributed by atoms with E-state index in [4.69, 9.17) is 16.0 Å². The fraction of sp³-hybridized carbons (Fsp3) is 0.0714. The Hall–Kier alpha value is -2.60. The van der Waals surface area contributed by atoms with Crippen LogP contribution in [0.2, 0.25) is 5.02 Å². The van der Waals surface area contributed by atoms with Crippen LogP contribution in [0.5, 0.6) is 0 Å². The predicted molar refractivity (Wildman–Crippen MR) is 79.4 cm³/mol. The quantitative estimate of drug-likeness (QED) is 0.582. The predicted octanol–water partition coefficient (Wildman–Crippen LogP) is 4.00. The fourth-order valence-corrected chi connectivity index (χ4v) is 2.17. The Labute approximate surface area is 124 Å². The number of oxazole rings is 1. The van der Waals surface area contributed by atoms with Gasteiger partial charge in [0.05, 0.1) is 4.92 Å². The number of aromatic nitrogens is 1. The minimum absolute atomic E-state index is 0.0814. The largest absolute Gasteiger partial charge is 0.423 e. The first kappa shape index (κ1) is 13.4. The Bertz CT molecular complexity index is 816. The smallest absolute Gasteiger partial charge is 0.298 e. The summed E-state index contributed by atoms with van der Waals surface area (Å²) in [7, 11) is 0. The highest BCUT2D eigenvalue weighted by molar-refractivity contribution is 6.31. The molecule has 0 saturated carbocycles. The van der Waals surface area contributed by atoms with Gasteiger partial charge < -0.3 is 9.73 Å². The number of nitro groups is 1. The van der Waals surface area contributed by atoms with Crippen molar-refractivity contribution in [1.82, 2.24) is 4.98 Å². The number of rotatable bonds is 4. The molecular formula is C14H10ClN3O3. The van der Waals surface area contributed by atoms with Crippen LogP contribution in [0.15, 0.2) is 46.9 Å². The maximum Gasteiger partial charge on any atom is 0.298 e. The highest BCUT2D eigenvalue weighted by atomic mass is 35.5. The van der Waals surface area contributed by atoms with Gasteiger partial charge in [-0.1, -0.05) is 35.9 Å². The molecule has 3 aromatic rings. The second kappa shape index (κ2) is 5.41. The second-order valence-electron chi connectivity index (χ2n) is 4.34. The number of nitrogens with one attached hydrogen (secondary N) is 1. The van der Waals surface area contributed by atoms with Gasteiger partial charge in [-0.25, -0.2) is 0 Å².